The summed E-state index contributed by atoms with van der Waals surface area (Å²) in [6, 6.07) is 1.84. The van der Waals surface area contributed by atoms with Gasteiger partial charge in [0.1, 0.15) is 0 Å². The summed E-state index contributed by atoms with van der Waals surface area (Å²) in [5.74, 6) is -1.38. The van der Waals surface area contributed by atoms with Crippen molar-refractivity contribution in [3.8, 4) is 0 Å². The number of carboxylic acids is 1. The Morgan fingerprint density at radius 2 is 2.22 bits per heavy atom. The molecule has 6 heteroatoms. The number of nitrogens with one attached hydrogen (secondary N) is 1. The molecule has 2 N–H and O–H groups in total. The second-order valence-corrected chi connectivity index (χ2v) is 4.71. The van der Waals surface area contributed by atoms with Crippen molar-refractivity contribution in [2.45, 2.75) is 25.8 Å². The molecule has 1 aromatic heterocycles. The summed E-state index contributed by atoms with van der Waals surface area (Å²) < 4.78 is 1.70. The molecular formula is C12H17N3O3. The van der Waals surface area contributed by atoms with Crippen LogP contribution in [0.5, 0.6) is 0 Å². The van der Waals surface area contributed by atoms with E-state index in [0.717, 1.165) is 5.69 Å². The van der Waals surface area contributed by atoms with Crippen LogP contribution in [0.25, 0.3) is 0 Å². The first-order valence-electron chi connectivity index (χ1n) is 6.05. The quantitative estimate of drug-likeness (QED) is 0.818. The van der Waals surface area contributed by atoms with Crippen LogP contribution in [-0.2, 0) is 23.2 Å². The van der Waals surface area contributed by atoms with Crippen molar-refractivity contribution in [1.82, 2.24) is 15.1 Å². The van der Waals surface area contributed by atoms with Gasteiger partial charge in [0.05, 0.1) is 18.2 Å². The largest absolute Gasteiger partial charge is 0.481 e. The molecule has 0 aromatic carbocycles. The second-order valence-electron chi connectivity index (χ2n) is 4.71. The SMILES string of the molecule is Cn1nccc1CNC(=O)C1CCC(C(=O)O)C1. The smallest absolute Gasteiger partial charge is 0.306 e. The predicted molar refractivity (Wildman–Crippen MR) is 63.5 cm³/mol. The van der Waals surface area contributed by atoms with Crippen LogP contribution in [0.3, 0.4) is 0 Å². The van der Waals surface area contributed by atoms with Crippen molar-refractivity contribution in [1.29, 1.82) is 0 Å². The molecule has 98 valence electrons. The third kappa shape index (κ3) is 2.69. The number of amides is 1. The fourth-order valence-corrected chi connectivity index (χ4v) is 2.34. The molecule has 1 heterocycles. The molecule has 0 aliphatic heterocycles. The number of carbonyl (C=O) groups is 2. The van der Waals surface area contributed by atoms with Gasteiger partial charge in [-0.05, 0) is 25.3 Å². The van der Waals surface area contributed by atoms with Gasteiger partial charge in [-0.2, -0.15) is 5.10 Å². The molecular weight excluding hydrogens is 234 g/mol. The number of rotatable bonds is 4. The maximum Gasteiger partial charge on any atom is 0.306 e. The standard InChI is InChI=1S/C12H17N3O3/c1-15-10(4-5-14-15)7-13-11(16)8-2-3-9(6-8)12(17)18/h4-5,8-9H,2-3,6-7H2,1H3,(H,13,16)(H,17,18). The van der Waals surface area contributed by atoms with Crippen LogP contribution in [-0.4, -0.2) is 26.8 Å². The zero-order valence-corrected chi connectivity index (χ0v) is 10.3. The van der Waals surface area contributed by atoms with Gasteiger partial charge in [0.2, 0.25) is 5.91 Å². The van der Waals surface area contributed by atoms with Crippen molar-refractivity contribution >= 4 is 11.9 Å². The Hall–Kier alpha value is -1.85. The highest BCUT2D eigenvalue weighted by molar-refractivity contribution is 5.80. The molecule has 1 amide bonds. The third-order valence-electron chi connectivity index (χ3n) is 3.52. The Labute approximate surface area is 105 Å². The molecule has 6 nitrogen and oxygen atoms in total. The molecule has 2 atom stereocenters. The average molecular weight is 251 g/mol. The Balaban J connectivity index is 1.83. The van der Waals surface area contributed by atoms with Crippen LogP contribution in [0.15, 0.2) is 12.3 Å². The summed E-state index contributed by atoms with van der Waals surface area (Å²) in [5.41, 5.74) is 0.927. The molecule has 0 spiro atoms. The van der Waals surface area contributed by atoms with Gasteiger partial charge in [0, 0.05) is 19.2 Å². The highest BCUT2D eigenvalue weighted by Crippen LogP contribution is 2.31. The lowest BCUT2D eigenvalue weighted by Crippen LogP contribution is -2.30. The fraction of sp³-hybridized carbons (Fsp3) is 0.583. The zero-order chi connectivity index (χ0) is 13.1. The molecule has 0 bridgehead atoms. The van der Waals surface area contributed by atoms with Crippen molar-refractivity contribution in [3.05, 3.63) is 18.0 Å². The fourth-order valence-electron chi connectivity index (χ4n) is 2.34. The van der Waals surface area contributed by atoms with E-state index in [2.05, 4.69) is 10.4 Å². The summed E-state index contributed by atoms with van der Waals surface area (Å²) in [5, 5.41) is 15.7. The van der Waals surface area contributed by atoms with Gasteiger partial charge in [-0.15, -0.1) is 0 Å². The Morgan fingerprint density at radius 1 is 1.50 bits per heavy atom. The minimum Gasteiger partial charge on any atom is -0.481 e. The van der Waals surface area contributed by atoms with Gasteiger partial charge in [-0.3, -0.25) is 14.3 Å². The molecule has 18 heavy (non-hydrogen) atoms. The lowest BCUT2D eigenvalue weighted by Gasteiger charge is -2.10. The van der Waals surface area contributed by atoms with Gasteiger partial charge < -0.3 is 10.4 Å². The maximum absolute atomic E-state index is 11.9. The normalized spacial score (nSPS) is 22.9. The van der Waals surface area contributed by atoms with E-state index in [1.165, 1.54) is 0 Å². The van der Waals surface area contributed by atoms with E-state index in [1.807, 2.05) is 13.1 Å². The number of nitrogens with zero attached hydrogens (tertiary/aromatic N) is 2. The summed E-state index contributed by atoms with van der Waals surface area (Å²) >= 11 is 0. The van der Waals surface area contributed by atoms with Crippen molar-refractivity contribution < 1.29 is 14.7 Å². The lowest BCUT2D eigenvalue weighted by molar-refractivity contribution is -0.141. The molecule has 0 radical (unpaired) electrons. The maximum atomic E-state index is 11.9. The van der Waals surface area contributed by atoms with Crippen LogP contribution < -0.4 is 5.32 Å². The number of carboxylic acid groups (broad SMARTS) is 1. The number of aromatic nitrogens is 2. The Morgan fingerprint density at radius 3 is 2.78 bits per heavy atom. The molecule has 1 aromatic rings. The van der Waals surface area contributed by atoms with E-state index >= 15 is 0 Å². The number of aryl methyl sites for hydroxylation is 1. The monoisotopic (exact) mass is 251 g/mol. The Kier molecular flexibility index (Phi) is 3.64. The van der Waals surface area contributed by atoms with Crippen LogP contribution in [0.4, 0.5) is 0 Å². The van der Waals surface area contributed by atoms with Gasteiger partial charge in [-0.25, -0.2) is 0 Å². The predicted octanol–water partition coefficient (Wildman–Crippen LogP) is 0.537. The molecule has 1 aliphatic rings. The first kappa shape index (κ1) is 12.6. The molecule has 2 rings (SSSR count). The third-order valence-corrected chi connectivity index (χ3v) is 3.52. The van der Waals surface area contributed by atoms with E-state index in [9.17, 15) is 9.59 Å². The molecule has 1 fully saturated rings. The number of hydrogen-bond acceptors (Lipinski definition) is 3. The second kappa shape index (κ2) is 5.20. The zero-order valence-electron chi connectivity index (χ0n) is 10.3. The van der Waals surface area contributed by atoms with Gasteiger partial charge in [0.15, 0.2) is 0 Å². The molecule has 1 aliphatic carbocycles. The van der Waals surface area contributed by atoms with Crippen molar-refractivity contribution in [2.24, 2.45) is 18.9 Å². The van der Waals surface area contributed by atoms with Gasteiger partial charge in [0.25, 0.3) is 0 Å². The lowest BCUT2D eigenvalue weighted by atomic mass is 10.0. The first-order chi connectivity index (χ1) is 8.58. The van der Waals surface area contributed by atoms with Crippen LogP contribution in [0, 0.1) is 11.8 Å². The van der Waals surface area contributed by atoms with Crippen LogP contribution >= 0.6 is 0 Å². The van der Waals surface area contributed by atoms with Crippen molar-refractivity contribution in [2.75, 3.05) is 0 Å². The highest BCUT2D eigenvalue weighted by Gasteiger charge is 2.33. The van der Waals surface area contributed by atoms with E-state index in [4.69, 9.17) is 5.11 Å². The average Bonchev–Trinajstić information content (AvgIpc) is 2.94. The molecule has 0 saturated heterocycles. The molecule has 1 saturated carbocycles. The van der Waals surface area contributed by atoms with Crippen molar-refractivity contribution in [3.63, 3.8) is 0 Å². The minimum absolute atomic E-state index is 0.0556. The molecule has 2 unspecified atom stereocenters. The number of aliphatic carboxylic acids is 1. The minimum atomic E-state index is -0.795. The topological polar surface area (TPSA) is 84.2 Å². The van der Waals surface area contributed by atoms with E-state index in [1.54, 1.807) is 10.9 Å². The van der Waals surface area contributed by atoms with E-state index < -0.39 is 5.97 Å². The Bertz CT molecular complexity index is 455. The van der Waals surface area contributed by atoms with Crippen LogP contribution in [0.1, 0.15) is 25.0 Å². The summed E-state index contributed by atoms with van der Waals surface area (Å²) in [4.78, 5) is 22.7. The van der Waals surface area contributed by atoms with E-state index in [-0.39, 0.29) is 17.7 Å². The first-order valence-corrected chi connectivity index (χ1v) is 6.05. The summed E-state index contributed by atoms with van der Waals surface area (Å²) in [7, 11) is 1.82. The van der Waals surface area contributed by atoms with Crippen LogP contribution in [0.2, 0.25) is 0 Å². The summed E-state index contributed by atoms with van der Waals surface area (Å²) in [6.45, 7) is 0.434. The number of carbonyl (C=O) groups excluding carboxylic acids is 1. The highest BCUT2D eigenvalue weighted by atomic mass is 16.4. The van der Waals surface area contributed by atoms with Gasteiger partial charge in [-0.1, -0.05) is 0 Å². The van der Waals surface area contributed by atoms with E-state index in [0.29, 0.717) is 25.8 Å². The summed E-state index contributed by atoms with van der Waals surface area (Å²) in [6.07, 6.45) is 3.39. The number of hydrogen-bond donors (Lipinski definition) is 2. The van der Waals surface area contributed by atoms with Gasteiger partial charge >= 0.3 is 5.97 Å².